The molecule has 3 rings (SSSR count). The lowest BCUT2D eigenvalue weighted by molar-refractivity contribution is 0.628. The summed E-state index contributed by atoms with van der Waals surface area (Å²) in [5.74, 6) is -0.239. The van der Waals surface area contributed by atoms with Gasteiger partial charge in [0.05, 0.1) is 12.4 Å². The molecule has 0 amide bonds. The van der Waals surface area contributed by atoms with E-state index in [-0.39, 0.29) is 5.82 Å². The first-order chi connectivity index (χ1) is 8.84. The lowest BCUT2D eigenvalue weighted by Crippen LogP contribution is -2.14. The molecule has 0 spiro atoms. The van der Waals surface area contributed by atoms with Crippen molar-refractivity contribution in [1.82, 2.24) is 15.6 Å². The summed E-state index contributed by atoms with van der Waals surface area (Å²) in [7, 11) is 0. The Hall–Kier alpha value is -2.36. The third-order valence-corrected chi connectivity index (χ3v) is 2.89. The van der Waals surface area contributed by atoms with Gasteiger partial charge in [0.15, 0.2) is 0 Å². The van der Waals surface area contributed by atoms with Crippen molar-refractivity contribution < 1.29 is 4.39 Å². The number of rotatable bonds is 2. The van der Waals surface area contributed by atoms with Crippen LogP contribution in [0.25, 0.3) is 16.8 Å². The predicted octanol–water partition coefficient (Wildman–Crippen LogP) is 2.34. The quantitative estimate of drug-likeness (QED) is 0.847. The molecule has 90 valence electrons. The van der Waals surface area contributed by atoms with E-state index in [0.29, 0.717) is 6.67 Å². The van der Waals surface area contributed by atoms with Gasteiger partial charge in [-0.3, -0.25) is 4.98 Å². The zero-order valence-corrected chi connectivity index (χ0v) is 9.65. The van der Waals surface area contributed by atoms with Crippen LogP contribution in [0.3, 0.4) is 0 Å². The Balaban J connectivity index is 2.15. The van der Waals surface area contributed by atoms with Crippen molar-refractivity contribution in [2.75, 3.05) is 6.67 Å². The van der Waals surface area contributed by atoms with Gasteiger partial charge in [-0.1, -0.05) is 0 Å². The molecule has 1 aromatic carbocycles. The summed E-state index contributed by atoms with van der Waals surface area (Å²) in [5, 5.41) is 6.30. The Bertz CT molecular complexity index is 593. The van der Waals surface area contributed by atoms with E-state index in [1.54, 1.807) is 24.5 Å². The molecule has 2 aromatic rings. The summed E-state index contributed by atoms with van der Waals surface area (Å²) >= 11 is 0. The van der Waals surface area contributed by atoms with Crippen LogP contribution in [-0.2, 0) is 0 Å². The second-order valence-electron chi connectivity index (χ2n) is 4.04. The molecular weight excluding hydrogens is 229 g/mol. The van der Waals surface area contributed by atoms with E-state index in [9.17, 15) is 4.39 Å². The van der Waals surface area contributed by atoms with E-state index in [0.717, 1.165) is 22.4 Å². The second-order valence-corrected chi connectivity index (χ2v) is 4.04. The summed E-state index contributed by atoms with van der Waals surface area (Å²) < 4.78 is 13.4. The number of pyridine rings is 1. The zero-order valence-electron chi connectivity index (χ0n) is 9.65. The van der Waals surface area contributed by atoms with Gasteiger partial charge in [0.2, 0.25) is 0 Å². The predicted molar refractivity (Wildman–Crippen MR) is 68.7 cm³/mol. The fourth-order valence-electron chi connectivity index (χ4n) is 2.05. The molecule has 0 bridgehead atoms. The third kappa shape index (κ3) is 1.93. The van der Waals surface area contributed by atoms with Gasteiger partial charge in [0.1, 0.15) is 5.82 Å². The number of nitrogens with one attached hydrogen (secondary N) is 2. The number of aromatic nitrogens is 1. The van der Waals surface area contributed by atoms with Gasteiger partial charge in [-0.2, -0.15) is 0 Å². The fourth-order valence-corrected chi connectivity index (χ4v) is 2.05. The Kier molecular flexibility index (Phi) is 2.68. The second kappa shape index (κ2) is 4.49. The maximum atomic E-state index is 13.4. The van der Waals surface area contributed by atoms with E-state index in [2.05, 4.69) is 15.6 Å². The van der Waals surface area contributed by atoms with Crippen molar-refractivity contribution in [2.45, 2.75) is 0 Å². The molecule has 0 radical (unpaired) electrons. The van der Waals surface area contributed by atoms with E-state index in [1.165, 1.54) is 6.07 Å². The first-order valence-electron chi connectivity index (χ1n) is 5.72. The molecule has 1 aromatic heterocycles. The smallest absolute Gasteiger partial charge is 0.123 e. The summed E-state index contributed by atoms with van der Waals surface area (Å²) in [6.45, 7) is 0.697. The molecule has 1 aliphatic rings. The van der Waals surface area contributed by atoms with E-state index in [4.69, 9.17) is 0 Å². The molecule has 18 heavy (non-hydrogen) atoms. The summed E-state index contributed by atoms with van der Waals surface area (Å²) in [5.41, 5.74) is 3.77. The molecule has 0 fully saturated rings. The van der Waals surface area contributed by atoms with Crippen LogP contribution in [0.15, 0.2) is 48.9 Å². The minimum absolute atomic E-state index is 0.239. The molecule has 0 saturated carbocycles. The molecule has 1 aliphatic heterocycles. The molecule has 2 heterocycles. The van der Waals surface area contributed by atoms with Crippen LogP contribution in [0, 0.1) is 5.82 Å². The number of nitrogens with zero attached hydrogens (tertiary/aromatic N) is 1. The summed E-state index contributed by atoms with van der Waals surface area (Å²) in [4.78, 5) is 3.98. The third-order valence-electron chi connectivity index (χ3n) is 2.89. The van der Waals surface area contributed by atoms with Crippen molar-refractivity contribution in [3.63, 3.8) is 0 Å². The van der Waals surface area contributed by atoms with Crippen LogP contribution in [0.2, 0.25) is 0 Å². The largest absolute Gasteiger partial charge is 0.372 e. The van der Waals surface area contributed by atoms with Gasteiger partial charge >= 0.3 is 0 Å². The molecule has 0 atom stereocenters. The van der Waals surface area contributed by atoms with Crippen molar-refractivity contribution in [2.24, 2.45) is 0 Å². The highest BCUT2D eigenvalue weighted by molar-refractivity contribution is 5.80. The van der Waals surface area contributed by atoms with Gasteiger partial charge in [-0.05, 0) is 41.5 Å². The highest BCUT2D eigenvalue weighted by Crippen LogP contribution is 2.28. The zero-order chi connectivity index (χ0) is 12.4. The first-order valence-corrected chi connectivity index (χ1v) is 5.72. The van der Waals surface area contributed by atoms with Gasteiger partial charge in [-0.15, -0.1) is 0 Å². The Morgan fingerprint density at radius 3 is 2.61 bits per heavy atom. The van der Waals surface area contributed by atoms with E-state index < -0.39 is 0 Å². The van der Waals surface area contributed by atoms with Gasteiger partial charge < -0.3 is 10.6 Å². The van der Waals surface area contributed by atoms with Crippen molar-refractivity contribution in [3.05, 3.63) is 60.3 Å². The maximum absolute atomic E-state index is 13.4. The minimum Gasteiger partial charge on any atom is -0.372 e. The van der Waals surface area contributed by atoms with Crippen LogP contribution < -0.4 is 10.6 Å². The summed E-state index contributed by atoms with van der Waals surface area (Å²) in [6, 6.07) is 8.56. The number of halogens is 1. The van der Waals surface area contributed by atoms with Crippen molar-refractivity contribution in [3.8, 4) is 11.1 Å². The molecule has 0 unspecified atom stereocenters. The summed E-state index contributed by atoms with van der Waals surface area (Å²) in [6.07, 6.45) is 5.31. The Labute approximate surface area is 104 Å². The first kappa shape index (κ1) is 10.8. The van der Waals surface area contributed by atoms with E-state index in [1.807, 2.05) is 18.3 Å². The number of hydrogen-bond acceptors (Lipinski definition) is 3. The van der Waals surface area contributed by atoms with Crippen LogP contribution in [0.4, 0.5) is 4.39 Å². The van der Waals surface area contributed by atoms with Crippen LogP contribution in [0.5, 0.6) is 0 Å². The van der Waals surface area contributed by atoms with Crippen LogP contribution in [-0.4, -0.2) is 11.7 Å². The maximum Gasteiger partial charge on any atom is 0.123 e. The monoisotopic (exact) mass is 241 g/mol. The Morgan fingerprint density at radius 1 is 1.06 bits per heavy atom. The average Bonchev–Trinajstić information content (AvgIpc) is 2.93. The number of benzene rings is 1. The van der Waals surface area contributed by atoms with Gasteiger partial charge in [0, 0.05) is 24.2 Å². The lowest BCUT2D eigenvalue weighted by atomic mass is 9.98. The lowest BCUT2D eigenvalue weighted by Gasteiger charge is -2.11. The molecule has 2 N–H and O–H groups in total. The number of hydrogen-bond donors (Lipinski definition) is 2. The topological polar surface area (TPSA) is 37.0 Å². The highest BCUT2D eigenvalue weighted by Gasteiger charge is 2.12. The minimum atomic E-state index is -0.239. The SMILES string of the molecule is Fc1ccc(C2=CNCN2)c(-c2ccncc2)c1. The Morgan fingerprint density at radius 2 is 1.89 bits per heavy atom. The average molecular weight is 241 g/mol. The van der Waals surface area contributed by atoms with Crippen LogP contribution >= 0.6 is 0 Å². The highest BCUT2D eigenvalue weighted by atomic mass is 19.1. The van der Waals surface area contributed by atoms with Gasteiger partial charge in [-0.25, -0.2) is 4.39 Å². The van der Waals surface area contributed by atoms with Gasteiger partial charge in [0.25, 0.3) is 0 Å². The van der Waals surface area contributed by atoms with Crippen LogP contribution in [0.1, 0.15) is 5.56 Å². The standard InChI is InChI=1S/C14H12FN3/c15-11-1-2-12(14-8-17-9-18-14)13(7-11)10-3-5-16-6-4-10/h1-8,17-18H,9H2. The fraction of sp³-hybridized carbons (Fsp3) is 0.0714. The molecule has 3 nitrogen and oxygen atoms in total. The molecule has 4 heteroatoms. The van der Waals surface area contributed by atoms with Crippen molar-refractivity contribution >= 4 is 5.70 Å². The molecular formula is C14H12FN3. The molecule has 0 saturated heterocycles. The van der Waals surface area contributed by atoms with E-state index >= 15 is 0 Å². The van der Waals surface area contributed by atoms with Crippen molar-refractivity contribution in [1.29, 1.82) is 0 Å². The normalized spacial score (nSPS) is 13.7. The molecule has 0 aliphatic carbocycles.